The molecule has 1 unspecified atom stereocenters. The van der Waals surface area contributed by atoms with Crippen LogP contribution in [-0.2, 0) is 23.9 Å². The Bertz CT molecular complexity index is 1300. The Morgan fingerprint density at radius 2 is 1.66 bits per heavy atom. The number of anilines is 1. The van der Waals surface area contributed by atoms with Crippen LogP contribution < -0.4 is 10.6 Å². The lowest BCUT2D eigenvalue weighted by molar-refractivity contribution is -0.384. The minimum atomic E-state index is -0.938. The van der Waals surface area contributed by atoms with Crippen LogP contribution in [0.2, 0.25) is 0 Å². The number of carbonyl (C=O) groups excluding carboxylic acids is 3. The van der Waals surface area contributed by atoms with Gasteiger partial charge >= 0.3 is 11.9 Å². The third kappa shape index (κ3) is 6.80. The number of rotatable bonds is 10. The molecule has 38 heavy (non-hydrogen) atoms. The molecule has 2 N–H and O–H groups in total. The Morgan fingerprint density at radius 1 is 1.03 bits per heavy atom. The third-order valence-corrected chi connectivity index (χ3v) is 6.65. The summed E-state index contributed by atoms with van der Waals surface area (Å²) in [5.74, 6) is -2.06. The zero-order chi connectivity index (χ0) is 27.8. The predicted molar refractivity (Wildman–Crippen MR) is 143 cm³/mol. The second-order valence-corrected chi connectivity index (χ2v) is 9.32. The summed E-state index contributed by atoms with van der Waals surface area (Å²) in [5.41, 5.74) is 2.25. The molecule has 1 aliphatic rings. The molecule has 2 aromatic rings. The summed E-state index contributed by atoms with van der Waals surface area (Å²) in [6.45, 7) is 6.70. The van der Waals surface area contributed by atoms with Gasteiger partial charge in [-0.15, -0.1) is 11.8 Å². The molecular weight excluding hydrogens is 510 g/mol. The Hall–Kier alpha value is -4.12. The molecule has 0 saturated heterocycles. The summed E-state index contributed by atoms with van der Waals surface area (Å²) in [6.07, 6.45) is 0. The van der Waals surface area contributed by atoms with E-state index in [0.717, 1.165) is 4.90 Å². The van der Waals surface area contributed by atoms with E-state index in [1.165, 1.54) is 36.9 Å². The summed E-state index contributed by atoms with van der Waals surface area (Å²) < 4.78 is 10.7. The summed E-state index contributed by atoms with van der Waals surface area (Å²) in [6, 6.07) is 13.1. The van der Waals surface area contributed by atoms with Gasteiger partial charge in [0.1, 0.15) is 0 Å². The highest BCUT2D eigenvalue weighted by Gasteiger charge is 2.39. The van der Waals surface area contributed by atoms with Gasteiger partial charge in [-0.1, -0.05) is 12.1 Å². The second kappa shape index (κ2) is 12.9. The molecule has 1 aliphatic heterocycles. The Kier molecular flexibility index (Phi) is 9.66. The van der Waals surface area contributed by atoms with Crippen molar-refractivity contribution < 1.29 is 28.8 Å². The average molecular weight is 540 g/mol. The predicted octanol–water partition coefficient (Wildman–Crippen LogP) is 4.69. The highest BCUT2D eigenvalue weighted by Crippen LogP contribution is 2.41. The molecular formula is C27H29N3O7S. The van der Waals surface area contributed by atoms with Gasteiger partial charge in [0.25, 0.3) is 5.69 Å². The number of amides is 1. The molecule has 0 fully saturated rings. The van der Waals surface area contributed by atoms with Crippen LogP contribution in [0.4, 0.5) is 11.4 Å². The summed E-state index contributed by atoms with van der Waals surface area (Å²) in [5, 5.41) is 17.4. The average Bonchev–Trinajstić information content (AvgIpc) is 2.87. The molecule has 0 spiro atoms. The van der Waals surface area contributed by atoms with Crippen LogP contribution >= 0.6 is 11.8 Å². The van der Waals surface area contributed by atoms with Crippen LogP contribution in [0.25, 0.3) is 0 Å². The van der Waals surface area contributed by atoms with Crippen molar-refractivity contribution in [2.24, 2.45) is 0 Å². The molecule has 1 atom stereocenters. The topological polar surface area (TPSA) is 137 Å². The number of dihydropyridines is 1. The smallest absolute Gasteiger partial charge is 0.336 e. The van der Waals surface area contributed by atoms with Crippen molar-refractivity contribution in [3.63, 3.8) is 0 Å². The van der Waals surface area contributed by atoms with Gasteiger partial charge < -0.3 is 20.1 Å². The monoisotopic (exact) mass is 539 g/mol. The Labute approximate surface area is 224 Å². The molecule has 1 heterocycles. The van der Waals surface area contributed by atoms with Crippen molar-refractivity contribution in [2.75, 3.05) is 24.3 Å². The highest BCUT2D eigenvalue weighted by molar-refractivity contribution is 7.99. The number of benzene rings is 2. The molecule has 11 heteroatoms. The molecule has 0 radical (unpaired) electrons. The zero-order valence-corrected chi connectivity index (χ0v) is 22.3. The normalized spacial score (nSPS) is 15.0. The van der Waals surface area contributed by atoms with Crippen LogP contribution in [0.3, 0.4) is 0 Å². The van der Waals surface area contributed by atoms with E-state index in [-0.39, 0.29) is 36.0 Å². The lowest BCUT2D eigenvalue weighted by atomic mass is 9.80. The SMILES string of the molecule is CCOC(=O)C1=C(C)NC(CSc2ccc(NC(C)=O)cc2)=C(C(=O)OCC)C1c1cccc([N+](=O)[O-])c1. The van der Waals surface area contributed by atoms with Gasteiger partial charge in [-0.3, -0.25) is 14.9 Å². The first-order valence-corrected chi connectivity index (χ1v) is 12.9. The molecule has 2 aromatic carbocycles. The summed E-state index contributed by atoms with van der Waals surface area (Å²) in [7, 11) is 0. The fourth-order valence-corrected chi connectivity index (χ4v) is 4.95. The molecule has 0 aliphatic carbocycles. The van der Waals surface area contributed by atoms with Crippen molar-refractivity contribution in [3.8, 4) is 0 Å². The largest absolute Gasteiger partial charge is 0.463 e. The number of carbonyl (C=O) groups is 3. The third-order valence-electron chi connectivity index (χ3n) is 5.61. The summed E-state index contributed by atoms with van der Waals surface area (Å²) in [4.78, 5) is 49.5. The first kappa shape index (κ1) is 28.5. The Balaban J connectivity index is 2.08. The number of nitro groups is 1. The molecule has 0 aromatic heterocycles. The first-order valence-electron chi connectivity index (χ1n) is 12.0. The van der Waals surface area contributed by atoms with E-state index in [0.29, 0.717) is 28.4 Å². The Morgan fingerprint density at radius 3 is 2.24 bits per heavy atom. The van der Waals surface area contributed by atoms with E-state index < -0.39 is 22.8 Å². The van der Waals surface area contributed by atoms with Crippen molar-refractivity contribution in [2.45, 2.75) is 38.5 Å². The standard InChI is InChI=1S/C27H29N3O7S/c1-5-36-26(32)23-16(3)28-22(15-38-21-12-10-19(11-13-21)29-17(4)31)25(27(33)37-6-2)24(23)18-8-7-9-20(14-18)30(34)35/h7-14,24,28H,5-6,15H2,1-4H3,(H,29,31). The minimum absolute atomic E-state index is 0.104. The maximum Gasteiger partial charge on any atom is 0.336 e. The van der Waals surface area contributed by atoms with E-state index in [2.05, 4.69) is 10.6 Å². The van der Waals surface area contributed by atoms with E-state index in [4.69, 9.17) is 9.47 Å². The van der Waals surface area contributed by atoms with Gasteiger partial charge in [-0.05, 0) is 50.6 Å². The van der Waals surface area contributed by atoms with E-state index in [9.17, 15) is 24.5 Å². The van der Waals surface area contributed by atoms with E-state index in [1.807, 2.05) is 12.1 Å². The molecule has 200 valence electrons. The number of nitro benzene ring substituents is 1. The van der Waals surface area contributed by atoms with Gasteiger partial charge in [-0.2, -0.15) is 0 Å². The van der Waals surface area contributed by atoms with Crippen LogP contribution in [0.5, 0.6) is 0 Å². The van der Waals surface area contributed by atoms with Crippen molar-refractivity contribution >= 4 is 41.0 Å². The van der Waals surface area contributed by atoms with E-state index in [1.54, 1.807) is 39.0 Å². The molecule has 0 bridgehead atoms. The van der Waals surface area contributed by atoms with Crippen LogP contribution in [0, 0.1) is 10.1 Å². The number of non-ortho nitro benzene ring substituents is 1. The number of nitrogens with one attached hydrogen (secondary N) is 2. The zero-order valence-electron chi connectivity index (χ0n) is 21.5. The fourth-order valence-electron chi connectivity index (χ4n) is 4.08. The van der Waals surface area contributed by atoms with Crippen molar-refractivity contribution in [1.29, 1.82) is 0 Å². The van der Waals surface area contributed by atoms with Gasteiger partial charge in [0.15, 0.2) is 0 Å². The number of allylic oxidation sites excluding steroid dienone is 1. The van der Waals surface area contributed by atoms with Crippen molar-refractivity contribution in [1.82, 2.24) is 5.32 Å². The maximum absolute atomic E-state index is 13.3. The van der Waals surface area contributed by atoms with Gasteiger partial charge in [0.05, 0.1) is 35.2 Å². The number of ether oxygens (including phenoxy) is 2. The lowest BCUT2D eigenvalue weighted by Gasteiger charge is -2.31. The number of hydrogen-bond donors (Lipinski definition) is 2. The van der Waals surface area contributed by atoms with E-state index >= 15 is 0 Å². The quantitative estimate of drug-likeness (QED) is 0.191. The summed E-state index contributed by atoms with van der Waals surface area (Å²) >= 11 is 1.43. The van der Waals surface area contributed by atoms with Crippen LogP contribution in [0.15, 0.2) is 76.0 Å². The van der Waals surface area contributed by atoms with Crippen LogP contribution in [-0.4, -0.2) is 41.7 Å². The fraction of sp³-hybridized carbons (Fsp3) is 0.296. The molecule has 3 rings (SSSR count). The number of hydrogen-bond acceptors (Lipinski definition) is 9. The van der Waals surface area contributed by atoms with Gasteiger partial charge in [-0.25, -0.2) is 9.59 Å². The maximum atomic E-state index is 13.3. The molecule has 0 saturated carbocycles. The van der Waals surface area contributed by atoms with Gasteiger partial charge in [0.2, 0.25) is 5.91 Å². The highest BCUT2D eigenvalue weighted by atomic mass is 32.2. The number of nitrogens with zero attached hydrogens (tertiary/aromatic N) is 1. The number of thioether (sulfide) groups is 1. The molecule has 10 nitrogen and oxygen atoms in total. The van der Waals surface area contributed by atoms with Crippen LogP contribution in [0.1, 0.15) is 39.2 Å². The minimum Gasteiger partial charge on any atom is -0.463 e. The second-order valence-electron chi connectivity index (χ2n) is 8.28. The van der Waals surface area contributed by atoms with Gasteiger partial charge in [0, 0.05) is 46.8 Å². The first-order chi connectivity index (χ1) is 18.2. The van der Waals surface area contributed by atoms with Crippen molar-refractivity contribution in [3.05, 3.63) is 86.7 Å². The number of esters is 2. The molecule has 1 amide bonds. The lowest BCUT2D eigenvalue weighted by Crippen LogP contribution is -2.34.